The Morgan fingerprint density at radius 2 is 2.00 bits per heavy atom. The van der Waals surface area contributed by atoms with Crippen molar-refractivity contribution in [1.29, 1.82) is 0 Å². The fourth-order valence-corrected chi connectivity index (χ4v) is 2.95. The minimum atomic E-state index is -1.17. The molecule has 0 bridgehead atoms. The van der Waals surface area contributed by atoms with Crippen molar-refractivity contribution in [3.8, 4) is 11.3 Å². The average molecular weight is 370 g/mol. The van der Waals surface area contributed by atoms with Crippen LogP contribution in [0.4, 0.5) is 0 Å². The van der Waals surface area contributed by atoms with Crippen LogP contribution in [0.3, 0.4) is 0 Å². The van der Waals surface area contributed by atoms with Crippen molar-refractivity contribution < 1.29 is 24.1 Å². The second-order valence-corrected chi connectivity index (χ2v) is 6.47. The first-order chi connectivity index (χ1) is 13.1. The van der Waals surface area contributed by atoms with E-state index in [-0.39, 0.29) is 29.5 Å². The quantitative estimate of drug-likeness (QED) is 0.593. The smallest absolute Gasteiger partial charge is 0.273 e. The van der Waals surface area contributed by atoms with Crippen LogP contribution in [-0.2, 0) is 0 Å². The maximum Gasteiger partial charge on any atom is 0.273 e. The molecule has 4 rings (SSSR count). The summed E-state index contributed by atoms with van der Waals surface area (Å²) < 4.78 is 10.2. The number of hydrogen-bond acceptors (Lipinski definition) is 8. The number of aliphatic hydroxyl groups excluding tert-OH is 2. The van der Waals surface area contributed by atoms with Gasteiger partial charge < -0.3 is 24.6 Å². The van der Waals surface area contributed by atoms with Gasteiger partial charge in [-0.1, -0.05) is 40.6 Å². The summed E-state index contributed by atoms with van der Waals surface area (Å²) in [7, 11) is 0. The maximum atomic E-state index is 12.3. The molecule has 9 heteroatoms. The Hall–Kier alpha value is -3.04. The summed E-state index contributed by atoms with van der Waals surface area (Å²) in [6.45, 7) is -0.479. The van der Waals surface area contributed by atoms with Crippen molar-refractivity contribution in [3.05, 3.63) is 53.8 Å². The van der Waals surface area contributed by atoms with E-state index >= 15 is 0 Å². The van der Waals surface area contributed by atoms with E-state index < -0.39 is 12.7 Å². The van der Waals surface area contributed by atoms with E-state index in [9.17, 15) is 9.90 Å². The van der Waals surface area contributed by atoms with Gasteiger partial charge in [-0.25, -0.2) is 0 Å². The number of carbonyl (C=O) groups is 1. The van der Waals surface area contributed by atoms with Gasteiger partial charge in [0.25, 0.3) is 11.8 Å². The first kappa shape index (κ1) is 17.4. The highest BCUT2D eigenvalue weighted by Gasteiger charge is 2.35. The lowest BCUT2D eigenvalue weighted by Gasteiger charge is -2.33. The van der Waals surface area contributed by atoms with Gasteiger partial charge in [0.05, 0.1) is 6.61 Å². The number of aliphatic hydroxyl groups is 2. The van der Waals surface area contributed by atoms with Crippen LogP contribution in [0.5, 0.6) is 0 Å². The monoisotopic (exact) mass is 370 g/mol. The summed E-state index contributed by atoms with van der Waals surface area (Å²) in [4.78, 5) is 16.4. The van der Waals surface area contributed by atoms with Gasteiger partial charge in [-0.3, -0.25) is 4.79 Å². The van der Waals surface area contributed by atoms with E-state index in [1.165, 1.54) is 0 Å². The third kappa shape index (κ3) is 3.60. The summed E-state index contributed by atoms with van der Waals surface area (Å²) in [5.74, 6) is 0.741. The molecule has 1 aromatic carbocycles. The van der Waals surface area contributed by atoms with Crippen LogP contribution < -0.4 is 5.32 Å². The third-order valence-corrected chi connectivity index (χ3v) is 4.55. The topological polar surface area (TPSA) is 135 Å². The molecule has 140 valence electrons. The Labute approximate surface area is 154 Å². The molecular weight excluding hydrogens is 352 g/mol. The predicted octanol–water partition coefficient (Wildman–Crippen LogP) is 1.43. The Bertz CT molecular complexity index is 917. The number of amides is 1. The van der Waals surface area contributed by atoms with Gasteiger partial charge in [-0.15, -0.1) is 0 Å². The molecule has 1 aliphatic rings. The second-order valence-electron chi connectivity index (χ2n) is 6.47. The molecule has 0 unspecified atom stereocenters. The highest BCUT2D eigenvalue weighted by Crippen LogP contribution is 2.35. The number of hydrogen-bond donors (Lipinski definition) is 3. The van der Waals surface area contributed by atoms with E-state index in [4.69, 9.17) is 14.2 Å². The minimum absolute atomic E-state index is 0.00368. The molecule has 9 nitrogen and oxygen atoms in total. The molecule has 1 saturated carbocycles. The van der Waals surface area contributed by atoms with Gasteiger partial charge in [0.15, 0.2) is 23.4 Å². The molecular formula is C18H18N4O5. The van der Waals surface area contributed by atoms with E-state index in [1.54, 1.807) is 6.07 Å². The van der Waals surface area contributed by atoms with Crippen molar-refractivity contribution in [3.63, 3.8) is 0 Å². The zero-order valence-corrected chi connectivity index (χ0v) is 14.3. The molecule has 3 N–H and O–H groups in total. The molecule has 2 aromatic heterocycles. The Balaban J connectivity index is 1.32. The molecule has 3 aromatic rings. The van der Waals surface area contributed by atoms with E-state index in [0.717, 1.165) is 5.56 Å². The molecule has 0 aliphatic heterocycles. The van der Waals surface area contributed by atoms with E-state index in [2.05, 4.69) is 20.6 Å². The summed E-state index contributed by atoms with van der Waals surface area (Å²) >= 11 is 0. The van der Waals surface area contributed by atoms with Crippen molar-refractivity contribution in [2.45, 2.75) is 30.9 Å². The summed E-state index contributed by atoms with van der Waals surface area (Å²) in [6.07, 6.45) is 0.139. The molecule has 0 radical (unpaired) electrons. The summed E-state index contributed by atoms with van der Waals surface area (Å²) in [5, 5.41) is 28.9. The lowest BCUT2D eigenvalue weighted by atomic mass is 9.79. The largest absolute Gasteiger partial charge is 0.393 e. The average Bonchev–Trinajstić information content (AvgIpc) is 3.34. The van der Waals surface area contributed by atoms with Gasteiger partial charge in [-0.05, 0) is 12.8 Å². The first-order valence-electron chi connectivity index (χ1n) is 8.59. The minimum Gasteiger partial charge on any atom is -0.393 e. The second kappa shape index (κ2) is 7.29. The summed E-state index contributed by atoms with van der Waals surface area (Å²) in [6, 6.07) is 11.0. The van der Waals surface area contributed by atoms with Crippen LogP contribution in [-0.4, -0.2) is 44.1 Å². The van der Waals surface area contributed by atoms with E-state index in [1.807, 2.05) is 30.3 Å². The Morgan fingerprint density at radius 1 is 1.22 bits per heavy atom. The number of aromatic nitrogens is 3. The zero-order chi connectivity index (χ0) is 18.8. The predicted molar refractivity (Wildman–Crippen MR) is 91.5 cm³/mol. The lowest BCUT2D eigenvalue weighted by molar-refractivity contribution is 0.0678. The van der Waals surface area contributed by atoms with Crippen molar-refractivity contribution >= 4 is 5.91 Å². The van der Waals surface area contributed by atoms with Crippen LogP contribution in [0.2, 0.25) is 0 Å². The summed E-state index contributed by atoms with van der Waals surface area (Å²) in [5.41, 5.74) is 1.08. The van der Waals surface area contributed by atoms with Crippen LogP contribution >= 0.6 is 0 Å². The van der Waals surface area contributed by atoms with E-state index in [0.29, 0.717) is 24.4 Å². The van der Waals surface area contributed by atoms with Gasteiger partial charge >= 0.3 is 0 Å². The SMILES string of the molecule is O=C(NC1CC(c2noc([C@@H](O)CO)n2)C1)c1cc(-c2ccccc2)on1. The van der Waals surface area contributed by atoms with Crippen LogP contribution in [0.15, 0.2) is 45.4 Å². The molecule has 2 heterocycles. The fourth-order valence-electron chi connectivity index (χ4n) is 2.95. The molecule has 1 atom stereocenters. The number of rotatable bonds is 6. The highest BCUT2D eigenvalue weighted by atomic mass is 16.5. The van der Waals surface area contributed by atoms with Crippen LogP contribution in [0, 0.1) is 0 Å². The van der Waals surface area contributed by atoms with Gasteiger partial charge in [0, 0.05) is 23.6 Å². The molecule has 1 aliphatic carbocycles. The normalized spacial score (nSPS) is 20.1. The number of carbonyl (C=O) groups excluding carboxylic acids is 1. The Kier molecular flexibility index (Phi) is 4.69. The number of benzene rings is 1. The van der Waals surface area contributed by atoms with Crippen LogP contribution in [0.25, 0.3) is 11.3 Å². The maximum absolute atomic E-state index is 12.3. The zero-order valence-electron chi connectivity index (χ0n) is 14.3. The number of nitrogens with one attached hydrogen (secondary N) is 1. The van der Waals surface area contributed by atoms with Gasteiger partial charge in [0.1, 0.15) is 0 Å². The fraction of sp³-hybridized carbons (Fsp3) is 0.333. The molecule has 1 amide bonds. The standard InChI is InChI=1S/C18H18N4O5/c23-9-14(24)18-20-16(22-27-18)11-6-12(7-11)19-17(25)13-8-15(26-21-13)10-4-2-1-3-5-10/h1-5,8,11-12,14,23-24H,6-7,9H2,(H,19,25)/t11?,12?,14-/m0/s1. The molecule has 1 fully saturated rings. The van der Waals surface area contributed by atoms with Gasteiger partial charge in [-0.2, -0.15) is 4.98 Å². The van der Waals surface area contributed by atoms with Crippen molar-refractivity contribution in [2.75, 3.05) is 6.61 Å². The molecule has 0 saturated heterocycles. The first-order valence-corrected chi connectivity index (χ1v) is 8.59. The van der Waals surface area contributed by atoms with Crippen molar-refractivity contribution in [1.82, 2.24) is 20.6 Å². The lowest BCUT2D eigenvalue weighted by Crippen LogP contribution is -2.43. The molecule has 0 spiro atoms. The third-order valence-electron chi connectivity index (χ3n) is 4.55. The Morgan fingerprint density at radius 3 is 2.74 bits per heavy atom. The molecule has 27 heavy (non-hydrogen) atoms. The number of nitrogens with zero attached hydrogens (tertiary/aromatic N) is 3. The van der Waals surface area contributed by atoms with Gasteiger partial charge in [0.2, 0.25) is 0 Å². The van der Waals surface area contributed by atoms with Crippen LogP contribution in [0.1, 0.15) is 47.1 Å². The highest BCUT2D eigenvalue weighted by molar-refractivity contribution is 5.93. The van der Waals surface area contributed by atoms with Crippen molar-refractivity contribution in [2.24, 2.45) is 0 Å².